The van der Waals surface area contributed by atoms with E-state index in [1.165, 1.54) is 0 Å². The Morgan fingerprint density at radius 2 is 2.00 bits per heavy atom. The fourth-order valence-corrected chi connectivity index (χ4v) is 1.51. The van der Waals surface area contributed by atoms with Crippen LogP contribution in [0.1, 0.15) is 18.1 Å². The fourth-order valence-electron chi connectivity index (χ4n) is 1.29. The third kappa shape index (κ3) is 5.25. The second kappa shape index (κ2) is 7.08. The molecule has 0 radical (unpaired) electrons. The van der Waals surface area contributed by atoms with Crippen molar-refractivity contribution < 1.29 is 18.3 Å². The van der Waals surface area contributed by atoms with E-state index in [2.05, 4.69) is 0 Å². The number of ether oxygens (including phenoxy) is 1. The predicted octanol–water partition coefficient (Wildman–Crippen LogP) is 1.82. The molecule has 1 unspecified atom stereocenters. The van der Waals surface area contributed by atoms with Crippen LogP contribution < -0.4 is 0 Å². The van der Waals surface area contributed by atoms with E-state index >= 15 is 0 Å². The average Bonchev–Trinajstić information content (AvgIpc) is 2.31. The lowest BCUT2D eigenvalue weighted by molar-refractivity contribution is -0.138. The lowest BCUT2D eigenvalue weighted by atomic mass is 10.1. The van der Waals surface area contributed by atoms with Gasteiger partial charge in [0.05, 0.1) is 0 Å². The smallest absolute Gasteiger partial charge is 0.333 e. The van der Waals surface area contributed by atoms with Crippen LogP contribution in [-0.2, 0) is 20.6 Å². The second-order valence-corrected chi connectivity index (χ2v) is 4.90. The van der Waals surface area contributed by atoms with Crippen molar-refractivity contribution in [2.24, 2.45) is 0 Å². The van der Waals surface area contributed by atoms with Gasteiger partial charge in [0, 0.05) is 11.3 Å². The Hall–Kier alpha value is -1.46. The summed E-state index contributed by atoms with van der Waals surface area (Å²) in [7, 11) is 0. The van der Waals surface area contributed by atoms with Gasteiger partial charge in [-0.05, 0) is 25.5 Å². The normalized spacial score (nSPS) is 13.2. The maximum Gasteiger partial charge on any atom is 0.333 e. The number of esters is 1. The largest absolute Gasteiger partial charge is 0.772 e. The van der Waals surface area contributed by atoms with Crippen molar-refractivity contribution in [2.45, 2.75) is 13.8 Å². The standard InChI is InChI=1S/C13H16O4S/c1-10-3-5-12(6-4-10)9-11(2)13(14)17-7-8-18(15)16/h3-6,9H,7-8H2,1-2H3,(H,15,16)/p-1. The van der Waals surface area contributed by atoms with E-state index in [0.717, 1.165) is 11.1 Å². The van der Waals surface area contributed by atoms with Crippen molar-refractivity contribution in [1.82, 2.24) is 0 Å². The molecule has 0 fully saturated rings. The number of benzene rings is 1. The van der Waals surface area contributed by atoms with Crippen molar-refractivity contribution in [3.05, 3.63) is 41.0 Å². The topological polar surface area (TPSA) is 66.4 Å². The van der Waals surface area contributed by atoms with Gasteiger partial charge in [-0.15, -0.1) is 0 Å². The molecule has 0 spiro atoms. The number of carbonyl (C=O) groups is 1. The summed E-state index contributed by atoms with van der Waals surface area (Å²) >= 11 is -2.18. The molecule has 18 heavy (non-hydrogen) atoms. The molecule has 98 valence electrons. The summed E-state index contributed by atoms with van der Waals surface area (Å²) < 4.78 is 25.3. The molecule has 0 bridgehead atoms. The van der Waals surface area contributed by atoms with E-state index in [1.807, 2.05) is 31.2 Å². The zero-order valence-electron chi connectivity index (χ0n) is 10.3. The number of aryl methyl sites for hydroxylation is 1. The summed E-state index contributed by atoms with van der Waals surface area (Å²) in [5.74, 6) is -0.676. The molecule has 0 amide bonds. The monoisotopic (exact) mass is 267 g/mol. The van der Waals surface area contributed by atoms with Crippen LogP contribution in [0.15, 0.2) is 29.8 Å². The van der Waals surface area contributed by atoms with Gasteiger partial charge >= 0.3 is 5.97 Å². The Morgan fingerprint density at radius 1 is 1.39 bits per heavy atom. The SMILES string of the molecule is CC(=Cc1ccc(C)cc1)C(=O)OCCS(=O)[O-]. The van der Waals surface area contributed by atoms with Crippen molar-refractivity contribution in [3.8, 4) is 0 Å². The van der Waals surface area contributed by atoms with E-state index in [9.17, 15) is 13.6 Å². The van der Waals surface area contributed by atoms with Gasteiger partial charge in [0.2, 0.25) is 0 Å². The molecule has 0 N–H and O–H groups in total. The Morgan fingerprint density at radius 3 is 2.56 bits per heavy atom. The molecule has 0 aliphatic heterocycles. The molecule has 0 saturated carbocycles. The minimum atomic E-state index is -2.18. The zero-order valence-corrected chi connectivity index (χ0v) is 11.2. The lowest BCUT2D eigenvalue weighted by Crippen LogP contribution is -2.11. The summed E-state index contributed by atoms with van der Waals surface area (Å²) in [5.41, 5.74) is 2.49. The Labute approximate surface area is 109 Å². The number of rotatable bonds is 5. The maximum atomic E-state index is 11.5. The van der Waals surface area contributed by atoms with Gasteiger partial charge in [0.1, 0.15) is 6.61 Å². The van der Waals surface area contributed by atoms with Gasteiger partial charge in [-0.3, -0.25) is 4.21 Å². The first-order valence-corrected chi connectivity index (χ1v) is 6.71. The maximum absolute atomic E-state index is 11.5. The number of hydrogen-bond donors (Lipinski definition) is 0. The summed E-state index contributed by atoms with van der Waals surface area (Å²) in [6.07, 6.45) is 1.70. The highest BCUT2D eigenvalue weighted by Crippen LogP contribution is 2.09. The average molecular weight is 267 g/mol. The van der Waals surface area contributed by atoms with Gasteiger partial charge in [-0.1, -0.05) is 40.9 Å². The third-order valence-corrected chi connectivity index (χ3v) is 2.77. The molecule has 0 aromatic heterocycles. The second-order valence-electron chi connectivity index (χ2n) is 3.88. The summed E-state index contributed by atoms with van der Waals surface area (Å²) in [5, 5.41) is 0. The third-order valence-electron chi connectivity index (χ3n) is 2.27. The fraction of sp³-hybridized carbons (Fsp3) is 0.308. The minimum Gasteiger partial charge on any atom is -0.772 e. The summed E-state index contributed by atoms with van der Waals surface area (Å²) in [4.78, 5) is 11.5. The van der Waals surface area contributed by atoms with Crippen molar-refractivity contribution >= 4 is 23.1 Å². The Bertz CT molecular complexity index is 462. The van der Waals surface area contributed by atoms with Crippen LogP contribution >= 0.6 is 0 Å². The van der Waals surface area contributed by atoms with Crippen LogP contribution in [0.2, 0.25) is 0 Å². The van der Waals surface area contributed by atoms with Gasteiger partial charge in [-0.25, -0.2) is 4.79 Å². The van der Waals surface area contributed by atoms with Gasteiger partial charge in [-0.2, -0.15) is 0 Å². The van der Waals surface area contributed by atoms with Crippen LogP contribution in [0, 0.1) is 6.92 Å². The first-order valence-electron chi connectivity index (χ1n) is 5.47. The Kier molecular flexibility index (Phi) is 5.74. The van der Waals surface area contributed by atoms with E-state index in [-0.39, 0.29) is 12.4 Å². The molecule has 1 aromatic carbocycles. The summed E-state index contributed by atoms with van der Waals surface area (Å²) in [6, 6.07) is 7.70. The molecule has 0 heterocycles. The molecule has 5 heteroatoms. The number of carbonyl (C=O) groups excluding carboxylic acids is 1. The van der Waals surface area contributed by atoms with E-state index in [1.54, 1.807) is 13.0 Å². The molecular formula is C13H15O4S-. The van der Waals surface area contributed by atoms with Crippen LogP contribution in [0.3, 0.4) is 0 Å². The van der Waals surface area contributed by atoms with Crippen molar-refractivity contribution in [2.75, 3.05) is 12.4 Å². The van der Waals surface area contributed by atoms with Gasteiger partial charge in [0.25, 0.3) is 0 Å². The molecule has 1 aromatic rings. The number of hydrogen-bond acceptors (Lipinski definition) is 4. The molecule has 0 saturated heterocycles. The highest BCUT2D eigenvalue weighted by molar-refractivity contribution is 7.79. The highest BCUT2D eigenvalue weighted by Gasteiger charge is 2.05. The van der Waals surface area contributed by atoms with Gasteiger partial charge in [0.15, 0.2) is 0 Å². The first kappa shape index (κ1) is 14.6. The van der Waals surface area contributed by atoms with Crippen LogP contribution in [0.25, 0.3) is 6.08 Å². The molecule has 0 aliphatic rings. The van der Waals surface area contributed by atoms with E-state index < -0.39 is 17.0 Å². The Balaban J connectivity index is 2.57. The molecular weight excluding hydrogens is 252 g/mol. The minimum absolute atomic E-state index is 0.117. The van der Waals surface area contributed by atoms with E-state index in [4.69, 9.17) is 4.74 Å². The van der Waals surface area contributed by atoms with Crippen LogP contribution in [0.4, 0.5) is 0 Å². The quantitative estimate of drug-likeness (QED) is 0.463. The molecule has 0 aliphatic carbocycles. The zero-order chi connectivity index (χ0) is 13.5. The van der Waals surface area contributed by atoms with Crippen molar-refractivity contribution in [3.63, 3.8) is 0 Å². The first-order chi connectivity index (χ1) is 8.49. The van der Waals surface area contributed by atoms with Crippen LogP contribution in [0.5, 0.6) is 0 Å². The van der Waals surface area contributed by atoms with Crippen molar-refractivity contribution in [1.29, 1.82) is 0 Å². The van der Waals surface area contributed by atoms with E-state index in [0.29, 0.717) is 5.57 Å². The van der Waals surface area contributed by atoms with Crippen LogP contribution in [-0.4, -0.2) is 27.1 Å². The molecule has 1 atom stereocenters. The molecule has 4 nitrogen and oxygen atoms in total. The lowest BCUT2D eigenvalue weighted by Gasteiger charge is -2.06. The molecule has 1 rings (SSSR count). The predicted molar refractivity (Wildman–Crippen MR) is 69.6 cm³/mol. The van der Waals surface area contributed by atoms with Gasteiger partial charge < -0.3 is 9.29 Å². The highest BCUT2D eigenvalue weighted by atomic mass is 32.2. The summed E-state index contributed by atoms with van der Waals surface area (Å²) in [6.45, 7) is 3.50.